The molecule has 0 saturated heterocycles. The lowest BCUT2D eigenvalue weighted by Gasteiger charge is -2.08. The number of thiophene rings is 1. The molecule has 0 bridgehead atoms. The number of hydrogen-bond donors (Lipinski definition) is 2. The van der Waals surface area contributed by atoms with Crippen LogP contribution in [0.2, 0.25) is 0 Å². The number of carbonyl (C=O) groups excluding carboxylic acids is 2. The second-order valence-electron chi connectivity index (χ2n) is 5.41. The zero-order valence-corrected chi connectivity index (χ0v) is 14.0. The summed E-state index contributed by atoms with van der Waals surface area (Å²) in [6.07, 6.45) is 3.33. The van der Waals surface area contributed by atoms with Crippen molar-refractivity contribution in [3.8, 4) is 0 Å². The van der Waals surface area contributed by atoms with Crippen molar-refractivity contribution in [2.75, 3.05) is 5.32 Å². The molecular weight excluding hydrogens is 308 g/mol. The van der Waals surface area contributed by atoms with Crippen LogP contribution >= 0.6 is 11.3 Å². The Hall–Kier alpha value is -2.40. The van der Waals surface area contributed by atoms with E-state index in [9.17, 15) is 9.59 Å². The molecule has 0 fully saturated rings. The minimum Gasteiger partial charge on any atom is -0.348 e. The number of hydrogen-bond acceptors (Lipinski definition) is 3. The number of amides is 2. The number of nitrogens with one attached hydrogen (secondary N) is 2. The number of benzene rings is 1. The molecule has 0 atom stereocenters. The van der Waals surface area contributed by atoms with E-state index < -0.39 is 0 Å². The van der Waals surface area contributed by atoms with Gasteiger partial charge in [0.05, 0.1) is 0 Å². The molecule has 0 radical (unpaired) electrons. The SMILES string of the molecule is CC(C)C(=O)Nc1ccc(CNC(=O)/C=C/c2cccs2)cc1. The molecule has 23 heavy (non-hydrogen) atoms. The maximum atomic E-state index is 11.7. The highest BCUT2D eigenvalue weighted by atomic mass is 32.1. The topological polar surface area (TPSA) is 58.2 Å². The van der Waals surface area contributed by atoms with Crippen LogP contribution in [-0.4, -0.2) is 11.8 Å². The summed E-state index contributed by atoms with van der Waals surface area (Å²) in [4.78, 5) is 24.4. The van der Waals surface area contributed by atoms with E-state index in [-0.39, 0.29) is 17.7 Å². The van der Waals surface area contributed by atoms with Crippen molar-refractivity contribution in [1.82, 2.24) is 5.32 Å². The van der Waals surface area contributed by atoms with E-state index in [2.05, 4.69) is 10.6 Å². The maximum Gasteiger partial charge on any atom is 0.244 e. The van der Waals surface area contributed by atoms with Crippen molar-refractivity contribution in [2.45, 2.75) is 20.4 Å². The van der Waals surface area contributed by atoms with E-state index in [1.807, 2.05) is 55.6 Å². The van der Waals surface area contributed by atoms with Crippen LogP contribution in [0.25, 0.3) is 6.08 Å². The normalized spacial score (nSPS) is 10.9. The van der Waals surface area contributed by atoms with E-state index in [4.69, 9.17) is 0 Å². The summed E-state index contributed by atoms with van der Waals surface area (Å²) in [5.74, 6) is -0.190. The summed E-state index contributed by atoms with van der Waals surface area (Å²) >= 11 is 1.59. The van der Waals surface area contributed by atoms with Crippen molar-refractivity contribution in [3.63, 3.8) is 0 Å². The maximum absolute atomic E-state index is 11.7. The van der Waals surface area contributed by atoms with Crippen LogP contribution in [0, 0.1) is 5.92 Å². The van der Waals surface area contributed by atoms with E-state index >= 15 is 0 Å². The van der Waals surface area contributed by atoms with Crippen LogP contribution < -0.4 is 10.6 Å². The summed E-state index contributed by atoms with van der Waals surface area (Å²) in [7, 11) is 0. The highest BCUT2D eigenvalue weighted by Crippen LogP contribution is 2.11. The highest BCUT2D eigenvalue weighted by molar-refractivity contribution is 7.10. The Balaban J connectivity index is 1.81. The standard InChI is InChI=1S/C18H20N2O2S/c1-13(2)18(22)20-15-7-5-14(6-8-15)12-19-17(21)10-9-16-4-3-11-23-16/h3-11,13H,12H2,1-2H3,(H,19,21)(H,20,22)/b10-9+. The van der Waals surface area contributed by atoms with Gasteiger partial charge in [-0.25, -0.2) is 0 Å². The molecule has 0 aliphatic heterocycles. The first-order valence-corrected chi connectivity index (χ1v) is 8.32. The largest absolute Gasteiger partial charge is 0.348 e. The van der Waals surface area contributed by atoms with Gasteiger partial charge in [-0.15, -0.1) is 11.3 Å². The fourth-order valence-corrected chi connectivity index (χ4v) is 2.40. The van der Waals surface area contributed by atoms with Gasteiger partial charge >= 0.3 is 0 Å². The van der Waals surface area contributed by atoms with E-state index in [0.717, 1.165) is 16.1 Å². The average Bonchev–Trinajstić information content (AvgIpc) is 3.05. The fourth-order valence-electron chi connectivity index (χ4n) is 1.78. The highest BCUT2D eigenvalue weighted by Gasteiger charge is 2.06. The smallest absolute Gasteiger partial charge is 0.244 e. The number of rotatable bonds is 6. The van der Waals surface area contributed by atoms with E-state index in [0.29, 0.717) is 6.54 Å². The van der Waals surface area contributed by atoms with E-state index in [1.54, 1.807) is 17.4 Å². The Morgan fingerprint density at radius 2 is 1.91 bits per heavy atom. The van der Waals surface area contributed by atoms with Gasteiger partial charge in [0.25, 0.3) is 0 Å². The van der Waals surface area contributed by atoms with Gasteiger partial charge in [0.1, 0.15) is 0 Å². The van der Waals surface area contributed by atoms with Gasteiger partial charge in [-0.1, -0.05) is 32.0 Å². The van der Waals surface area contributed by atoms with Crippen LogP contribution in [0.1, 0.15) is 24.3 Å². The Morgan fingerprint density at radius 1 is 1.17 bits per heavy atom. The minimum atomic E-state index is -0.129. The minimum absolute atomic E-state index is 0.00947. The van der Waals surface area contributed by atoms with Crippen LogP contribution in [0.3, 0.4) is 0 Å². The molecule has 5 heteroatoms. The Morgan fingerprint density at radius 3 is 2.52 bits per heavy atom. The third-order valence-corrected chi connectivity index (χ3v) is 3.99. The molecule has 2 amide bonds. The Bertz CT molecular complexity index is 674. The Kier molecular flexibility index (Phi) is 6.11. The van der Waals surface area contributed by atoms with Crippen molar-refractivity contribution in [1.29, 1.82) is 0 Å². The summed E-state index contributed by atoms with van der Waals surface area (Å²) in [6, 6.07) is 11.4. The summed E-state index contributed by atoms with van der Waals surface area (Å²) < 4.78 is 0. The van der Waals surface area contributed by atoms with Gasteiger partial charge in [-0.3, -0.25) is 9.59 Å². The van der Waals surface area contributed by atoms with Gasteiger partial charge in [0.15, 0.2) is 0 Å². The second kappa shape index (κ2) is 8.29. The molecule has 0 saturated carbocycles. The molecule has 120 valence electrons. The Labute approximate surface area is 140 Å². The number of carbonyl (C=O) groups is 2. The third-order valence-electron chi connectivity index (χ3n) is 3.15. The van der Waals surface area contributed by atoms with Crippen LogP contribution in [0.5, 0.6) is 0 Å². The molecule has 0 aliphatic rings. The molecule has 1 heterocycles. The van der Waals surface area contributed by atoms with Crippen molar-refractivity contribution in [2.24, 2.45) is 5.92 Å². The summed E-state index contributed by atoms with van der Waals surface area (Å²) in [6.45, 7) is 4.15. The second-order valence-corrected chi connectivity index (χ2v) is 6.39. The number of anilines is 1. The van der Waals surface area contributed by atoms with Gasteiger partial charge < -0.3 is 10.6 Å². The van der Waals surface area contributed by atoms with Crippen LogP contribution in [0.4, 0.5) is 5.69 Å². The average molecular weight is 328 g/mol. The molecule has 2 rings (SSSR count). The lowest BCUT2D eigenvalue weighted by Crippen LogP contribution is -2.20. The molecule has 0 unspecified atom stereocenters. The van der Waals surface area contributed by atoms with Crippen molar-refractivity contribution >= 4 is 34.9 Å². The van der Waals surface area contributed by atoms with Gasteiger partial charge in [0, 0.05) is 29.1 Å². The lowest BCUT2D eigenvalue weighted by molar-refractivity contribution is -0.119. The third kappa shape index (κ3) is 5.71. The predicted octanol–water partition coefficient (Wildman–Crippen LogP) is 3.67. The zero-order valence-electron chi connectivity index (χ0n) is 13.2. The molecule has 1 aromatic carbocycles. The zero-order chi connectivity index (χ0) is 16.7. The molecule has 0 aliphatic carbocycles. The van der Waals surface area contributed by atoms with Crippen LogP contribution in [-0.2, 0) is 16.1 Å². The molecular formula is C18H20N2O2S. The van der Waals surface area contributed by atoms with Gasteiger partial charge in [-0.2, -0.15) is 0 Å². The van der Waals surface area contributed by atoms with Crippen molar-refractivity contribution in [3.05, 3.63) is 58.3 Å². The first-order valence-electron chi connectivity index (χ1n) is 7.44. The molecule has 1 aromatic heterocycles. The van der Waals surface area contributed by atoms with Gasteiger partial charge in [0.2, 0.25) is 11.8 Å². The lowest BCUT2D eigenvalue weighted by atomic mass is 10.1. The molecule has 4 nitrogen and oxygen atoms in total. The van der Waals surface area contributed by atoms with E-state index in [1.165, 1.54) is 6.08 Å². The summed E-state index contributed by atoms with van der Waals surface area (Å²) in [5.41, 5.74) is 1.74. The summed E-state index contributed by atoms with van der Waals surface area (Å²) in [5, 5.41) is 7.63. The molecule has 2 aromatic rings. The van der Waals surface area contributed by atoms with Crippen molar-refractivity contribution < 1.29 is 9.59 Å². The molecule has 0 spiro atoms. The molecule has 2 N–H and O–H groups in total. The monoisotopic (exact) mass is 328 g/mol. The first-order chi connectivity index (χ1) is 11.0. The van der Waals surface area contributed by atoms with Crippen LogP contribution in [0.15, 0.2) is 47.9 Å². The van der Waals surface area contributed by atoms with Gasteiger partial charge in [-0.05, 0) is 35.2 Å². The predicted molar refractivity (Wildman–Crippen MR) is 95.1 cm³/mol. The fraction of sp³-hybridized carbons (Fsp3) is 0.222. The first kappa shape index (κ1) is 17.0. The quantitative estimate of drug-likeness (QED) is 0.795.